The lowest BCUT2D eigenvalue weighted by Gasteiger charge is -2.73. The molecule has 0 aromatic rings. The number of esters is 1. The maximum atomic E-state index is 13.2. The Labute approximate surface area is 284 Å². The third-order valence-corrected chi connectivity index (χ3v) is 15.6. The summed E-state index contributed by atoms with van der Waals surface area (Å²) in [5, 5.41) is 21.3. The Morgan fingerprint density at radius 2 is 1.62 bits per heavy atom. The second-order valence-electron chi connectivity index (χ2n) is 18.9. The maximum Gasteiger partial charge on any atom is 0.306 e. The Kier molecular flexibility index (Phi) is 9.33. The molecule has 5 rings (SSSR count). The summed E-state index contributed by atoms with van der Waals surface area (Å²) in [5.74, 6) is 1.32. The Bertz CT molecular complexity index is 1330. The minimum absolute atomic E-state index is 0.0133. The molecule has 5 aliphatic rings. The summed E-state index contributed by atoms with van der Waals surface area (Å²) >= 11 is 0. The Balaban J connectivity index is 1.39. The van der Waals surface area contributed by atoms with Crippen molar-refractivity contribution in [3.8, 4) is 6.07 Å². The van der Waals surface area contributed by atoms with Crippen LogP contribution in [0.2, 0.25) is 0 Å². The van der Waals surface area contributed by atoms with Gasteiger partial charge in [-0.25, -0.2) is 0 Å². The van der Waals surface area contributed by atoms with Crippen LogP contribution in [0.15, 0.2) is 12.2 Å². The first-order valence-electron chi connectivity index (χ1n) is 18.5. The summed E-state index contributed by atoms with van der Waals surface area (Å²) in [7, 11) is 0. The summed E-state index contributed by atoms with van der Waals surface area (Å²) in [4.78, 5) is 37.6. The molecule has 0 saturated heterocycles. The highest BCUT2D eigenvalue weighted by molar-refractivity contribution is 5.77. The van der Waals surface area contributed by atoms with Gasteiger partial charge in [-0.05, 0) is 128 Å². The smallest absolute Gasteiger partial charge is 0.306 e. The molecule has 47 heavy (non-hydrogen) atoms. The molecule has 7 nitrogen and oxygen atoms in total. The fourth-order valence-electron chi connectivity index (χ4n) is 13.4. The van der Waals surface area contributed by atoms with Crippen molar-refractivity contribution in [2.75, 3.05) is 6.54 Å². The van der Waals surface area contributed by atoms with Crippen LogP contribution in [0.25, 0.3) is 0 Å². The quantitative estimate of drug-likeness (QED) is 0.147. The molecule has 0 radical (unpaired) electrons. The van der Waals surface area contributed by atoms with Gasteiger partial charge in [0.15, 0.2) is 0 Å². The molecule has 0 aromatic carbocycles. The van der Waals surface area contributed by atoms with Gasteiger partial charge in [-0.3, -0.25) is 14.4 Å². The molecule has 0 unspecified atom stereocenters. The molecule has 5 saturated carbocycles. The first-order chi connectivity index (χ1) is 21.8. The van der Waals surface area contributed by atoms with Gasteiger partial charge >= 0.3 is 11.9 Å². The molecule has 5 fully saturated rings. The normalized spacial score (nSPS) is 42.0. The van der Waals surface area contributed by atoms with Crippen molar-refractivity contribution in [2.24, 2.45) is 62.1 Å². The van der Waals surface area contributed by atoms with Crippen molar-refractivity contribution in [3.63, 3.8) is 0 Å². The summed E-state index contributed by atoms with van der Waals surface area (Å²) in [5.41, 5.74) is 0.931. The van der Waals surface area contributed by atoms with Crippen LogP contribution in [0.4, 0.5) is 0 Å². The lowest BCUT2D eigenvalue weighted by atomic mass is 9.32. The molecular weight excluding hydrogens is 588 g/mol. The first-order valence-corrected chi connectivity index (χ1v) is 18.5. The van der Waals surface area contributed by atoms with Gasteiger partial charge in [0.25, 0.3) is 0 Å². The van der Waals surface area contributed by atoms with Crippen molar-refractivity contribution in [1.82, 2.24) is 5.32 Å². The molecule has 2 N–H and O–H groups in total. The number of carbonyl (C=O) groups excluding carboxylic acids is 2. The average Bonchev–Trinajstić information content (AvgIpc) is 3.32. The highest BCUT2D eigenvalue weighted by Crippen LogP contribution is 2.78. The van der Waals surface area contributed by atoms with Gasteiger partial charge in [-0.15, -0.1) is 0 Å². The molecule has 10 atom stereocenters. The van der Waals surface area contributed by atoms with Crippen molar-refractivity contribution in [3.05, 3.63) is 12.2 Å². The van der Waals surface area contributed by atoms with E-state index < -0.39 is 11.4 Å². The van der Waals surface area contributed by atoms with Gasteiger partial charge in [0.2, 0.25) is 5.91 Å². The summed E-state index contributed by atoms with van der Waals surface area (Å²) in [6.07, 6.45) is 11.4. The number of allylic oxidation sites excluding steroid dienone is 1. The average molecular weight is 651 g/mol. The van der Waals surface area contributed by atoms with Crippen LogP contribution in [-0.2, 0) is 19.1 Å². The Morgan fingerprint density at radius 3 is 2.26 bits per heavy atom. The fraction of sp³-hybridized carbons (Fsp3) is 0.850. The number of hydrogen-bond donors (Lipinski definition) is 2. The molecule has 5 aliphatic carbocycles. The van der Waals surface area contributed by atoms with Gasteiger partial charge in [0.1, 0.15) is 12.6 Å². The minimum atomic E-state index is -0.891. The highest BCUT2D eigenvalue weighted by Gasteiger charge is 2.71. The van der Waals surface area contributed by atoms with Gasteiger partial charge < -0.3 is 15.2 Å². The molecule has 0 aromatic heterocycles. The third-order valence-electron chi connectivity index (χ3n) is 15.6. The van der Waals surface area contributed by atoms with E-state index in [-0.39, 0.29) is 64.4 Å². The Hall–Kier alpha value is -2.36. The molecule has 0 bridgehead atoms. The van der Waals surface area contributed by atoms with Crippen LogP contribution in [0.5, 0.6) is 0 Å². The van der Waals surface area contributed by atoms with E-state index in [4.69, 9.17) is 10.00 Å². The zero-order valence-corrected chi connectivity index (χ0v) is 30.6. The molecule has 7 heteroatoms. The van der Waals surface area contributed by atoms with Gasteiger partial charge in [-0.2, -0.15) is 5.26 Å². The van der Waals surface area contributed by atoms with Crippen LogP contribution in [0.3, 0.4) is 0 Å². The number of nitrogens with one attached hydrogen (secondary N) is 1. The van der Waals surface area contributed by atoms with Crippen molar-refractivity contribution >= 4 is 17.8 Å². The zero-order valence-electron chi connectivity index (χ0n) is 30.6. The first kappa shape index (κ1) is 35.9. The van der Waals surface area contributed by atoms with Gasteiger partial charge in [0, 0.05) is 11.8 Å². The van der Waals surface area contributed by atoms with E-state index >= 15 is 0 Å². The predicted octanol–water partition coefficient (Wildman–Crippen LogP) is 8.48. The number of aliphatic carboxylic acids is 1. The number of amides is 1. The molecular formula is C40H62N2O5. The van der Waals surface area contributed by atoms with Gasteiger partial charge in [-0.1, -0.05) is 60.6 Å². The van der Waals surface area contributed by atoms with E-state index in [2.05, 4.69) is 59.5 Å². The topological polar surface area (TPSA) is 116 Å². The highest BCUT2D eigenvalue weighted by atomic mass is 16.5. The fourth-order valence-corrected chi connectivity index (χ4v) is 13.4. The van der Waals surface area contributed by atoms with Crippen LogP contribution in [0, 0.1) is 73.4 Å². The lowest BCUT2D eigenvalue weighted by molar-refractivity contribution is -0.250. The van der Waals surface area contributed by atoms with Crippen LogP contribution in [0.1, 0.15) is 139 Å². The van der Waals surface area contributed by atoms with Crippen LogP contribution >= 0.6 is 0 Å². The molecule has 0 aliphatic heterocycles. The summed E-state index contributed by atoms with van der Waals surface area (Å²) in [6.45, 7) is 22.8. The number of fused-ring (bicyclic) bond motifs is 7. The van der Waals surface area contributed by atoms with E-state index in [0.717, 1.165) is 44.9 Å². The number of nitriles is 1. The Morgan fingerprint density at radius 1 is 0.915 bits per heavy atom. The van der Waals surface area contributed by atoms with Crippen molar-refractivity contribution in [2.45, 2.75) is 145 Å². The third kappa shape index (κ3) is 5.86. The number of hydrogen-bond acceptors (Lipinski definition) is 5. The molecule has 0 heterocycles. The van der Waals surface area contributed by atoms with Crippen LogP contribution < -0.4 is 5.32 Å². The van der Waals surface area contributed by atoms with Crippen molar-refractivity contribution < 1.29 is 24.2 Å². The van der Waals surface area contributed by atoms with E-state index in [9.17, 15) is 19.5 Å². The van der Waals surface area contributed by atoms with Crippen molar-refractivity contribution in [1.29, 1.82) is 5.26 Å². The number of rotatable bonds is 9. The summed E-state index contributed by atoms with van der Waals surface area (Å²) < 4.78 is 6.24. The van der Waals surface area contributed by atoms with E-state index in [1.807, 2.05) is 13.8 Å². The van der Waals surface area contributed by atoms with E-state index in [1.165, 1.54) is 24.8 Å². The monoisotopic (exact) mass is 650 g/mol. The minimum Gasteiger partial charge on any atom is -0.481 e. The number of carboxylic acids is 1. The maximum absolute atomic E-state index is 13.2. The number of carboxylic acid groups (broad SMARTS) is 1. The number of carbonyl (C=O) groups is 3. The lowest BCUT2D eigenvalue weighted by Crippen LogP contribution is -2.67. The zero-order chi connectivity index (χ0) is 34.8. The second-order valence-corrected chi connectivity index (χ2v) is 18.9. The number of nitrogens with zero attached hydrogens (tertiary/aromatic N) is 1. The van der Waals surface area contributed by atoms with Gasteiger partial charge in [0.05, 0.1) is 18.9 Å². The van der Waals surface area contributed by atoms with E-state index in [0.29, 0.717) is 36.0 Å². The predicted molar refractivity (Wildman–Crippen MR) is 183 cm³/mol. The second kappa shape index (κ2) is 12.2. The SMILES string of the molecule is C=C(C)[C@@H]1CC[C@]2(CC(=O)NCC#N)CC[C@]3(C)[C@H](CC[C@@H]4[C@@]5(C)CC[C@H](OC(=O)CC(C)(C)CC(=O)O)C(C)(C)[C@@H]5CC[C@]43C)[C@@H]12. The molecule has 1 amide bonds. The standard InChI is InChI=1S/C40H62N2O5/c1-25(2)26-12-17-40(22-31(43)42-21-20-41)19-18-38(8)27(34(26)40)10-11-29-37(7)15-14-30(36(5,6)28(37)13-16-39(29,38)9)47-33(46)24-35(3,4)23-32(44)45/h26-30,34H,1,10-19,21-24H2,2-9H3,(H,42,43)(H,44,45)/t26-,27+,28-,29+,30-,34+,37-,38+,39+,40+/m0/s1. The molecule has 0 spiro atoms. The van der Waals surface area contributed by atoms with Crippen LogP contribution in [-0.4, -0.2) is 35.6 Å². The number of ether oxygens (including phenoxy) is 1. The summed E-state index contributed by atoms with van der Waals surface area (Å²) in [6, 6.07) is 2.08. The largest absolute Gasteiger partial charge is 0.481 e. The molecule has 262 valence electrons. The van der Waals surface area contributed by atoms with E-state index in [1.54, 1.807) is 0 Å².